The van der Waals surface area contributed by atoms with E-state index in [0.717, 1.165) is 18.3 Å². The fourth-order valence-electron chi connectivity index (χ4n) is 2.50. The molecule has 7 heteroatoms. The molecule has 0 aromatic rings. The average molecular weight is 239 g/mol. The summed E-state index contributed by atoms with van der Waals surface area (Å²) >= 11 is 0. The van der Waals surface area contributed by atoms with Crippen molar-refractivity contribution in [2.24, 2.45) is 17.6 Å². The normalized spacial score (nSPS) is 43.4. The molecule has 2 aliphatic heterocycles. The van der Waals surface area contributed by atoms with Crippen LogP contribution in [0.5, 0.6) is 0 Å². The summed E-state index contributed by atoms with van der Waals surface area (Å²) in [5, 5.41) is 7.12. The van der Waals surface area contributed by atoms with Crippen LogP contribution in [0.3, 0.4) is 0 Å². The van der Waals surface area contributed by atoms with Gasteiger partial charge in [-0.1, -0.05) is 0 Å². The first-order valence-electron chi connectivity index (χ1n) is 5.02. The Kier molecular flexibility index (Phi) is 2.62. The van der Waals surface area contributed by atoms with Crippen molar-refractivity contribution >= 4 is 5.97 Å². The second kappa shape index (κ2) is 3.59. The lowest BCUT2D eigenvalue weighted by atomic mass is 9.97. The van der Waals surface area contributed by atoms with Crippen LogP contribution in [0, 0.1) is 11.8 Å². The number of carboxylic acids is 1. The van der Waals surface area contributed by atoms with E-state index >= 15 is 0 Å². The molecule has 0 amide bonds. The van der Waals surface area contributed by atoms with Crippen LogP contribution < -0.4 is 5.73 Å². The van der Waals surface area contributed by atoms with Crippen LogP contribution in [0.15, 0.2) is 0 Å². The van der Waals surface area contributed by atoms with E-state index in [9.17, 15) is 13.2 Å². The number of halogens is 3. The topological polar surface area (TPSA) is 72.5 Å². The van der Waals surface area contributed by atoms with E-state index in [1.165, 1.54) is 6.42 Å². The van der Waals surface area contributed by atoms with Gasteiger partial charge in [-0.15, -0.1) is 0 Å². The van der Waals surface area contributed by atoms with Crippen molar-refractivity contribution in [2.45, 2.75) is 37.3 Å². The average Bonchev–Trinajstić information content (AvgIpc) is 2.76. The summed E-state index contributed by atoms with van der Waals surface area (Å²) in [5.74, 6) is -0.957. The molecule has 3 aliphatic rings. The molecule has 2 heterocycles. The third kappa shape index (κ3) is 2.01. The van der Waals surface area contributed by atoms with Crippen molar-refractivity contribution in [3.05, 3.63) is 0 Å². The molecule has 0 unspecified atom stereocenters. The van der Waals surface area contributed by atoms with E-state index in [1.54, 1.807) is 0 Å². The quantitative estimate of drug-likeness (QED) is 0.654. The van der Waals surface area contributed by atoms with Crippen molar-refractivity contribution in [3.63, 3.8) is 0 Å². The van der Waals surface area contributed by atoms with E-state index in [1.807, 2.05) is 0 Å². The predicted molar refractivity (Wildman–Crippen MR) is 46.5 cm³/mol. The van der Waals surface area contributed by atoms with Crippen LogP contribution in [0.4, 0.5) is 13.2 Å². The van der Waals surface area contributed by atoms with Gasteiger partial charge in [-0.2, -0.15) is 13.2 Å². The van der Waals surface area contributed by atoms with Gasteiger partial charge in [0.05, 0.1) is 12.2 Å². The fourth-order valence-corrected chi connectivity index (χ4v) is 2.50. The SMILES string of the molecule is N[C@H]1C[C@@H]2O[C@H]1[C@H]1C[C@H]12.O=C(O)C(F)(F)F. The van der Waals surface area contributed by atoms with Gasteiger partial charge in [0.15, 0.2) is 0 Å². The molecule has 2 bridgehead atoms. The Labute approximate surface area is 89.6 Å². The number of carbonyl (C=O) groups is 1. The number of rotatable bonds is 0. The van der Waals surface area contributed by atoms with Gasteiger partial charge in [0.1, 0.15) is 0 Å². The first kappa shape index (κ1) is 11.7. The zero-order valence-electron chi connectivity index (χ0n) is 8.28. The smallest absolute Gasteiger partial charge is 0.475 e. The van der Waals surface area contributed by atoms with Crippen molar-refractivity contribution < 1.29 is 27.8 Å². The largest absolute Gasteiger partial charge is 0.490 e. The van der Waals surface area contributed by atoms with Crippen LogP contribution in [0.2, 0.25) is 0 Å². The summed E-state index contributed by atoms with van der Waals surface area (Å²) in [6.45, 7) is 0. The molecule has 4 nitrogen and oxygen atoms in total. The van der Waals surface area contributed by atoms with E-state index in [4.69, 9.17) is 20.4 Å². The number of hydrogen-bond acceptors (Lipinski definition) is 3. The third-order valence-electron chi connectivity index (χ3n) is 3.29. The summed E-state index contributed by atoms with van der Waals surface area (Å²) in [6, 6.07) is 0.374. The molecule has 3 fully saturated rings. The molecular formula is C9H12F3NO3. The van der Waals surface area contributed by atoms with Crippen molar-refractivity contribution in [3.8, 4) is 0 Å². The highest BCUT2D eigenvalue weighted by atomic mass is 19.4. The Morgan fingerprint density at radius 1 is 1.31 bits per heavy atom. The Morgan fingerprint density at radius 2 is 1.88 bits per heavy atom. The molecule has 0 spiro atoms. The number of carboxylic acid groups (broad SMARTS) is 1. The van der Waals surface area contributed by atoms with Crippen LogP contribution in [0.25, 0.3) is 0 Å². The third-order valence-corrected chi connectivity index (χ3v) is 3.29. The minimum atomic E-state index is -5.08. The second-order valence-corrected chi connectivity index (χ2v) is 4.41. The van der Waals surface area contributed by atoms with Gasteiger partial charge in [-0.25, -0.2) is 4.79 Å². The molecule has 3 N–H and O–H groups in total. The van der Waals surface area contributed by atoms with Crippen LogP contribution >= 0.6 is 0 Å². The van der Waals surface area contributed by atoms with E-state index < -0.39 is 12.1 Å². The number of hydrogen-bond donors (Lipinski definition) is 2. The number of nitrogens with two attached hydrogens (primary N) is 1. The van der Waals surface area contributed by atoms with Crippen LogP contribution in [-0.4, -0.2) is 35.5 Å². The lowest BCUT2D eigenvalue weighted by Crippen LogP contribution is -2.32. The molecule has 1 saturated carbocycles. The summed E-state index contributed by atoms with van der Waals surface area (Å²) in [5.41, 5.74) is 5.81. The first-order valence-corrected chi connectivity index (χ1v) is 5.02. The molecule has 0 radical (unpaired) electrons. The lowest BCUT2D eigenvalue weighted by Gasteiger charge is -2.11. The zero-order chi connectivity index (χ0) is 12.1. The molecule has 92 valence electrons. The standard InChI is InChI=1S/C7H11NO.C2HF3O2/c8-5-2-6-3-1-4(3)7(5)9-6;3-2(4,5)1(6)7/h3-7H,1-2,8H2;(H,6,7)/t3-,4+,5+,6+,7+;/m1./s1. The maximum absolute atomic E-state index is 10.6. The summed E-state index contributed by atoms with van der Waals surface area (Å²) in [7, 11) is 0. The molecule has 0 aromatic carbocycles. The Morgan fingerprint density at radius 3 is 2.19 bits per heavy atom. The highest BCUT2D eigenvalue weighted by Crippen LogP contribution is 2.58. The minimum Gasteiger partial charge on any atom is -0.475 e. The predicted octanol–water partition coefficient (Wildman–Crippen LogP) is 0.754. The fraction of sp³-hybridized carbons (Fsp3) is 0.889. The van der Waals surface area contributed by atoms with Gasteiger partial charge in [0.2, 0.25) is 0 Å². The minimum absolute atomic E-state index is 0.374. The monoisotopic (exact) mass is 239 g/mol. The van der Waals surface area contributed by atoms with E-state index in [-0.39, 0.29) is 0 Å². The molecule has 5 atom stereocenters. The Balaban J connectivity index is 0.000000127. The highest BCUT2D eigenvalue weighted by Gasteiger charge is 2.61. The molecule has 1 aliphatic carbocycles. The van der Waals surface area contributed by atoms with Crippen LogP contribution in [-0.2, 0) is 9.53 Å². The number of aliphatic carboxylic acids is 1. The number of ether oxygens (including phenoxy) is 1. The van der Waals surface area contributed by atoms with Gasteiger partial charge >= 0.3 is 12.1 Å². The van der Waals surface area contributed by atoms with Gasteiger partial charge < -0.3 is 15.6 Å². The highest BCUT2D eigenvalue weighted by molar-refractivity contribution is 5.73. The molecular weight excluding hydrogens is 227 g/mol. The van der Waals surface area contributed by atoms with E-state index in [2.05, 4.69) is 0 Å². The summed E-state index contributed by atoms with van der Waals surface area (Å²) in [4.78, 5) is 8.90. The second-order valence-electron chi connectivity index (χ2n) is 4.41. The molecule has 3 rings (SSSR count). The maximum Gasteiger partial charge on any atom is 0.490 e. The Hall–Kier alpha value is -0.820. The van der Waals surface area contributed by atoms with Crippen molar-refractivity contribution in [2.75, 3.05) is 0 Å². The van der Waals surface area contributed by atoms with Crippen molar-refractivity contribution in [1.82, 2.24) is 0 Å². The molecule has 16 heavy (non-hydrogen) atoms. The number of alkyl halides is 3. The molecule has 0 aromatic heterocycles. The van der Waals surface area contributed by atoms with Crippen LogP contribution in [0.1, 0.15) is 12.8 Å². The van der Waals surface area contributed by atoms with Gasteiger partial charge in [-0.3, -0.25) is 0 Å². The summed E-state index contributed by atoms with van der Waals surface area (Å²) in [6.07, 6.45) is -1.52. The Bertz CT molecular complexity index is 303. The van der Waals surface area contributed by atoms with Gasteiger partial charge in [0, 0.05) is 6.04 Å². The van der Waals surface area contributed by atoms with Crippen molar-refractivity contribution in [1.29, 1.82) is 0 Å². The van der Waals surface area contributed by atoms with E-state index in [0.29, 0.717) is 18.2 Å². The lowest BCUT2D eigenvalue weighted by molar-refractivity contribution is -0.192. The van der Waals surface area contributed by atoms with Gasteiger partial charge in [0.25, 0.3) is 0 Å². The number of fused-ring (bicyclic) bond motifs is 5. The summed E-state index contributed by atoms with van der Waals surface area (Å²) < 4.78 is 37.4. The van der Waals surface area contributed by atoms with Gasteiger partial charge in [-0.05, 0) is 24.7 Å². The molecule has 2 saturated heterocycles. The zero-order valence-corrected chi connectivity index (χ0v) is 8.28. The first-order chi connectivity index (χ1) is 7.30. The maximum atomic E-state index is 10.6.